The maximum Gasteiger partial charge on any atom is 0.328 e. The van der Waals surface area contributed by atoms with Crippen LogP contribution in [0.2, 0.25) is 0 Å². The van der Waals surface area contributed by atoms with E-state index in [4.69, 9.17) is 9.97 Å². The van der Waals surface area contributed by atoms with Crippen molar-refractivity contribution in [1.29, 1.82) is 0 Å². The van der Waals surface area contributed by atoms with Crippen molar-refractivity contribution in [3.63, 3.8) is 0 Å². The molecule has 2 aromatic heterocycles. The van der Waals surface area contributed by atoms with Crippen molar-refractivity contribution in [2.75, 3.05) is 0 Å². The predicted molar refractivity (Wildman–Crippen MR) is 223 cm³/mol. The number of rotatable bonds is 6. The second-order valence-corrected chi connectivity index (χ2v) is 14.3. The molecule has 0 aliphatic heterocycles. The molecule has 0 amide bonds. The molecule has 262 valence electrons. The molecule has 0 saturated heterocycles. The minimum Gasteiger partial charge on any atom is -0.295 e. The Morgan fingerprint density at radius 3 is 1.64 bits per heavy atom. The normalized spacial score (nSPS) is 12.8. The summed E-state index contributed by atoms with van der Waals surface area (Å²) in [6.07, 6.45) is 0. The van der Waals surface area contributed by atoms with Crippen LogP contribution in [0.3, 0.4) is 0 Å². The summed E-state index contributed by atoms with van der Waals surface area (Å²) in [4.78, 5) is 23.3. The zero-order valence-electron chi connectivity index (χ0n) is 30.5. The number of imidazole rings is 1. The van der Waals surface area contributed by atoms with Crippen LogP contribution in [0.25, 0.3) is 67.2 Å². The van der Waals surface area contributed by atoms with Gasteiger partial charge in [0.2, 0.25) is 0 Å². The summed E-state index contributed by atoms with van der Waals surface area (Å²) in [6, 6.07) is 64.2. The highest BCUT2D eigenvalue weighted by atomic mass is 16.1. The third-order valence-electron chi connectivity index (χ3n) is 11.3. The van der Waals surface area contributed by atoms with Crippen molar-refractivity contribution in [3.05, 3.63) is 215 Å². The molecule has 0 unspecified atom stereocenters. The van der Waals surface area contributed by atoms with E-state index in [9.17, 15) is 4.79 Å². The lowest BCUT2D eigenvalue weighted by Crippen LogP contribution is -2.28. The summed E-state index contributed by atoms with van der Waals surface area (Å²) in [5, 5.41) is 0. The van der Waals surface area contributed by atoms with E-state index >= 15 is 0 Å². The Balaban J connectivity index is 1.13. The number of hydrogen-bond donors (Lipinski definition) is 0. The van der Waals surface area contributed by atoms with Gasteiger partial charge in [0.05, 0.1) is 27.8 Å². The summed E-state index contributed by atoms with van der Waals surface area (Å²) >= 11 is 0. The van der Waals surface area contributed by atoms with Gasteiger partial charge in [-0.1, -0.05) is 164 Å². The number of aromatic nitrogens is 4. The van der Waals surface area contributed by atoms with Gasteiger partial charge in [-0.15, -0.1) is 0 Å². The molecular formula is C50H36N4O. The Bertz CT molecular complexity index is 2910. The van der Waals surface area contributed by atoms with Crippen molar-refractivity contribution in [1.82, 2.24) is 19.1 Å². The van der Waals surface area contributed by atoms with E-state index in [0.717, 1.165) is 50.2 Å². The quantitative estimate of drug-likeness (QED) is 0.173. The Morgan fingerprint density at radius 1 is 0.436 bits per heavy atom. The molecule has 2 heterocycles. The van der Waals surface area contributed by atoms with E-state index in [-0.39, 0.29) is 5.69 Å². The average molecular weight is 709 g/mol. The fourth-order valence-electron chi connectivity index (χ4n) is 8.70. The highest BCUT2D eigenvalue weighted by Crippen LogP contribution is 2.56. The van der Waals surface area contributed by atoms with Crippen LogP contribution >= 0.6 is 0 Å². The number of fused-ring (bicyclic) bond motifs is 4. The number of aryl methyl sites for hydroxylation is 2. The second kappa shape index (κ2) is 12.8. The van der Waals surface area contributed by atoms with Gasteiger partial charge in [0.15, 0.2) is 5.82 Å². The van der Waals surface area contributed by atoms with E-state index in [1.165, 1.54) is 33.4 Å². The molecule has 10 rings (SSSR count). The first kappa shape index (κ1) is 32.5. The summed E-state index contributed by atoms with van der Waals surface area (Å²) in [7, 11) is 3.65. The van der Waals surface area contributed by atoms with Crippen LogP contribution in [0.4, 0.5) is 0 Å². The molecule has 1 aliphatic carbocycles. The lowest BCUT2D eigenvalue weighted by atomic mass is 9.67. The first-order valence-corrected chi connectivity index (χ1v) is 18.6. The zero-order chi connectivity index (χ0) is 37.1. The molecule has 0 bridgehead atoms. The van der Waals surface area contributed by atoms with Crippen LogP contribution in [0.1, 0.15) is 22.3 Å². The maximum atomic E-state index is 12.8. The number of nitrogens with zero attached hydrogens (tertiary/aromatic N) is 4. The molecule has 0 saturated carbocycles. The molecule has 1 aliphatic rings. The van der Waals surface area contributed by atoms with Gasteiger partial charge in [-0.2, -0.15) is 0 Å². The topological polar surface area (TPSA) is 52.7 Å². The molecule has 0 spiro atoms. The predicted octanol–water partition coefficient (Wildman–Crippen LogP) is 10.7. The monoisotopic (exact) mass is 708 g/mol. The van der Waals surface area contributed by atoms with Crippen LogP contribution < -0.4 is 5.69 Å². The third-order valence-corrected chi connectivity index (χ3v) is 11.3. The van der Waals surface area contributed by atoms with Crippen LogP contribution in [0, 0.1) is 0 Å². The van der Waals surface area contributed by atoms with Crippen molar-refractivity contribution >= 4 is 11.0 Å². The van der Waals surface area contributed by atoms with Gasteiger partial charge in [0, 0.05) is 36.3 Å². The Labute approximate surface area is 319 Å². The lowest BCUT2D eigenvalue weighted by Gasteiger charge is -2.33. The molecule has 0 N–H and O–H groups in total. The van der Waals surface area contributed by atoms with Crippen molar-refractivity contribution in [3.8, 4) is 56.2 Å². The van der Waals surface area contributed by atoms with Gasteiger partial charge in [-0.25, -0.2) is 14.8 Å². The van der Waals surface area contributed by atoms with Crippen LogP contribution in [-0.2, 0) is 19.5 Å². The molecule has 0 fully saturated rings. The van der Waals surface area contributed by atoms with Gasteiger partial charge in [-0.3, -0.25) is 9.13 Å². The van der Waals surface area contributed by atoms with E-state index in [2.05, 4.69) is 152 Å². The standard InChI is InChI=1S/C50H36N4O/c1-53-46-24-14-22-39(47(46)54(2)49(53)55)33-25-27-35(28-26-33)45-32-44(34-15-6-3-7-16-34)51-48(52-45)36-29-30-43-41(31-36)40-21-12-13-23-42(40)50(43,37-17-8-4-9-18-37)38-19-10-5-11-20-38/h3-32H,1-2H3. The van der Waals surface area contributed by atoms with E-state index in [1.54, 1.807) is 9.13 Å². The van der Waals surface area contributed by atoms with Crippen molar-refractivity contribution in [2.24, 2.45) is 14.1 Å². The molecule has 5 heteroatoms. The minimum absolute atomic E-state index is 0.0399. The molecule has 9 aromatic rings. The van der Waals surface area contributed by atoms with Gasteiger partial charge >= 0.3 is 5.69 Å². The number of benzene rings is 7. The second-order valence-electron chi connectivity index (χ2n) is 14.3. The van der Waals surface area contributed by atoms with Crippen molar-refractivity contribution in [2.45, 2.75) is 5.41 Å². The average Bonchev–Trinajstić information content (AvgIpc) is 3.68. The molecule has 5 nitrogen and oxygen atoms in total. The Hall–Kier alpha value is -7.11. The van der Waals surface area contributed by atoms with Crippen LogP contribution in [0.5, 0.6) is 0 Å². The summed E-state index contributed by atoms with van der Waals surface area (Å²) in [5.74, 6) is 0.668. The Kier molecular flexibility index (Phi) is 7.56. The fourth-order valence-corrected chi connectivity index (χ4v) is 8.70. The number of para-hydroxylation sites is 1. The van der Waals surface area contributed by atoms with E-state index in [1.807, 2.05) is 44.4 Å². The zero-order valence-corrected chi connectivity index (χ0v) is 30.5. The van der Waals surface area contributed by atoms with E-state index < -0.39 is 5.41 Å². The lowest BCUT2D eigenvalue weighted by molar-refractivity contribution is 0.768. The summed E-state index contributed by atoms with van der Waals surface area (Å²) in [5.41, 5.74) is 15.4. The highest BCUT2D eigenvalue weighted by Gasteiger charge is 2.46. The maximum absolute atomic E-state index is 12.8. The molecule has 0 atom stereocenters. The molecular weight excluding hydrogens is 673 g/mol. The highest BCUT2D eigenvalue weighted by molar-refractivity contribution is 5.93. The molecule has 55 heavy (non-hydrogen) atoms. The van der Waals surface area contributed by atoms with Gasteiger partial charge in [0.25, 0.3) is 0 Å². The summed E-state index contributed by atoms with van der Waals surface area (Å²) < 4.78 is 3.42. The van der Waals surface area contributed by atoms with Gasteiger partial charge < -0.3 is 0 Å². The molecule has 7 aromatic carbocycles. The summed E-state index contributed by atoms with van der Waals surface area (Å²) in [6.45, 7) is 0. The van der Waals surface area contributed by atoms with Crippen molar-refractivity contribution < 1.29 is 0 Å². The van der Waals surface area contributed by atoms with E-state index in [0.29, 0.717) is 5.82 Å². The minimum atomic E-state index is -0.469. The first-order chi connectivity index (χ1) is 27.0. The van der Waals surface area contributed by atoms with Crippen LogP contribution in [-0.4, -0.2) is 19.1 Å². The van der Waals surface area contributed by atoms with Gasteiger partial charge in [-0.05, 0) is 57.1 Å². The SMILES string of the molecule is Cn1c(=O)n(C)c2c(-c3ccc(-c4cc(-c5ccccc5)nc(-c5ccc6c(c5)-c5ccccc5C6(c5ccccc5)c5ccccc5)n4)cc3)cccc21. The fraction of sp³-hybridized carbons (Fsp3) is 0.0600. The smallest absolute Gasteiger partial charge is 0.295 e. The van der Waals surface area contributed by atoms with Crippen LogP contribution in [0.15, 0.2) is 187 Å². The first-order valence-electron chi connectivity index (χ1n) is 18.6. The Morgan fingerprint density at radius 2 is 0.964 bits per heavy atom. The number of hydrogen-bond acceptors (Lipinski definition) is 3. The van der Waals surface area contributed by atoms with Gasteiger partial charge in [0.1, 0.15) is 0 Å². The third kappa shape index (κ3) is 5.04. The largest absolute Gasteiger partial charge is 0.328 e. The molecule has 0 radical (unpaired) electrons.